The maximum absolute atomic E-state index is 12.0. The number of nitrogens with one attached hydrogen (secondary N) is 1. The second-order valence-electron chi connectivity index (χ2n) is 8.26. The number of Topliss-reactive ketones (excluding diaryl/α,β-unsaturated/α-hetero) is 1. The van der Waals surface area contributed by atoms with Gasteiger partial charge in [-0.15, -0.1) is 0 Å². The standard InChI is InChI=1S/C18H29N3O6/c1-11(22)14(23)13(20-15(24)26-17(2,3)4)8-12-9-21(10-19-12)16(25)27-18(5,6)7/h9-10,13-14,23H,8H2,1-7H3,(H,20,24). The Morgan fingerprint density at radius 3 is 2.19 bits per heavy atom. The molecule has 0 fully saturated rings. The van der Waals surface area contributed by atoms with Crippen LogP contribution >= 0.6 is 0 Å². The van der Waals surface area contributed by atoms with Crippen molar-refractivity contribution in [2.75, 3.05) is 0 Å². The van der Waals surface area contributed by atoms with Gasteiger partial charge in [-0.3, -0.25) is 4.79 Å². The van der Waals surface area contributed by atoms with E-state index >= 15 is 0 Å². The van der Waals surface area contributed by atoms with E-state index in [0.717, 1.165) is 4.57 Å². The first-order valence-electron chi connectivity index (χ1n) is 8.62. The molecule has 0 saturated carbocycles. The van der Waals surface area contributed by atoms with Crippen LogP contribution < -0.4 is 5.32 Å². The number of amides is 1. The molecule has 1 rings (SSSR count). The number of nitrogens with zero attached hydrogens (tertiary/aromatic N) is 2. The lowest BCUT2D eigenvalue weighted by molar-refractivity contribution is -0.126. The van der Waals surface area contributed by atoms with Crippen molar-refractivity contribution >= 4 is 18.0 Å². The summed E-state index contributed by atoms with van der Waals surface area (Å²) in [6.07, 6.45) is -0.0946. The van der Waals surface area contributed by atoms with Gasteiger partial charge in [0.25, 0.3) is 0 Å². The number of hydrogen-bond donors (Lipinski definition) is 2. The summed E-state index contributed by atoms with van der Waals surface area (Å²) in [5.41, 5.74) is -0.997. The fraction of sp³-hybridized carbons (Fsp3) is 0.667. The number of ketones is 1. The quantitative estimate of drug-likeness (QED) is 0.798. The molecular weight excluding hydrogens is 354 g/mol. The molecule has 2 atom stereocenters. The average Bonchev–Trinajstić information content (AvgIpc) is 2.90. The molecule has 27 heavy (non-hydrogen) atoms. The zero-order chi connectivity index (χ0) is 21.0. The first-order valence-corrected chi connectivity index (χ1v) is 8.62. The van der Waals surface area contributed by atoms with E-state index in [0.29, 0.717) is 5.69 Å². The van der Waals surface area contributed by atoms with Crippen molar-refractivity contribution in [3.63, 3.8) is 0 Å². The van der Waals surface area contributed by atoms with Crippen LogP contribution in [0.2, 0.25) is 0 Å². The molecule has 2 N–H and O–H groups in total. The number of hydrogen-bond acceptors (Lipinski definition) is 7. The van der Waals surface area contributed by atoms with Gasteiger partial charge in [0.2, 0.25) is 0 Å². The topological polar surface area (TPSA) is 120 Å². The Kier molecular flexibility index (Phi) is 7.13. The Morgan fingerprint density at radius 2 is 1.70 bits per heavy atom. The van der Waals surface area contributed by atoms with Crippen molar-refractivity contribution in [3.05, 3.63) is 18.2 Å². The summed E-state index contributed by atoms with van der Waals surface area (Å²) < 4.78 is 11.6. The van der Waals surface area contributed by atoms with Gasteiger partial charge in [0, 0.05) is 12.6 Å². The van der Waals surface area contributed by atoms with Gasteiger partial charge in [-0.1, -0.05) is 0 Å². The van der Waals surface area contributed by atoms with E-state index in [9.17, 15) is 19.5 Å². The van der Waals surface area contributed by atoms with Crippen LogP contribution in [0.4, 0.5) is 9.59 Å². The van der Waals surface area contributed by atoms with Crippen LogP contribution in [-0.2, 0) is 20.7 Å². The number of aliphatic hydroxyl groups excluding tert-OH is 1. The van der Waals surface area contributed by atoms with Gasteiger partial charge in [-0.2, -0.15) is 0 Å². The van der Waals surface area contributed by atoms with Crippen LogP contribution in [0.3, 0.4) is 0 Å². The van der Waals surface area contributed by atoms with Gasteiger partial charge in [0.05, 0.1) is 11.7 Å². The average molecular weight is 383 g/mol. The molecule has 0 aromatic carbocycles. The minimum Gasteiger partial charge on any atom is -0.444 e. The van der Waals surface area contributed by atoms with E-state index in [2.05, 4.69) is 10.3 Å². The number of aliphatic hydroxyl groups is 1. The second kappa shape index (κ2) is 8.51. The van der Waals surface area contributed by atoms with Gasteiger partial charge in [-0.05, 0) is 48.5 Å². The van der Waals surface area contributed by atoms with E-state index < -0.39 is 41.3 Å². The molecular formula is C18H29N3O6. The molecule has 0 saturated heterocycles. The number of carbonyl (C=O) groups is 3. The summed E-state index contributed by atoms with van der Waals surface area (Å²) in [4.78, 5) is 39.7. The summed E-state index contributed by atoms with van der Waals surface area (Å²) in [6, 6.07) is -0.959. The zero-order valence-electron chi connectivity index (χ0n) is 16.9. The third-order valence-electron chi connectivity index (χ3n) is 3.17. The highest BCUT2D eigenvalue weighted by atomic mass is 16.6. The first-order chi connectivity index (χ1) is 12.2. The highest BCUT2D eigenvalue weighted by molar-refractivity contribution is 5.82. The molecule has 0 aliphatic heterocycles. The Labute approximate surface area is 159 Å². The number of imidazole rings is 1. The van der Waals surface area contributed by atoms with Crippen molar-refractivity contribution in [2.24, 2.45) is 0 Å². The Hall–Kier alpha value is -2.42. The Morgan fingerprint density at radius 1 is 1.15 bits per heavy atom. The Bertz CT molecular complexity index is 684. The van der Waals surface area contributed by atoms with Crippen LogP contribution in [0, 0.1) is 0 Å². The molecule has 9 heteroatoms. The van der Waals surface area contributed by atoms with Crippen LogP contribution in [0.1, 0.15) is 54.2 Å². The predicted molar refractivity (Wildman–Crippen MR) is 97.4 cm³/mol. The van der Waals surface area contributed by atoms with Crippen LogP contribution in [0.25, 0.3) is 0 Å². The summed E-state index contributed by atoms with van der Waals surface area (Å²) in [6.45, 7) is 11.5. The smallest absolute Gasteiger partial charge is 0.419 e. The summed E-state index contributed by atoms with van der Waals surface area (Å²) in [5.74, 6) is -0.511. The fourth-order valence-corrected chi connectivity index (χ4v) is 2.09. The number of ether oxygens (including phenoxy) is 2. The summed E-state index contributed by atoms with van der Waals surface area (Å²) in [5, 5.41) is 12.6. The van der Waals surface area contributed by atoms with Gasteiger partial charge in [0.1, 0.15) is 23.6 Å². The molecule has 1 aromatic rings. The molecule has 152 valence electrons. The van der Waals surface area contributed by atoms with Gasteiger partial charge in [0.15, 0.2) is 5.78 Å². The van der Waals surface area contributed by atoms with E-state index in [1.807, 2.05) is 0 Å². The van der Waals surface area contributed by atoms with Gasteiger partial charge >= 0.3 is 12.2 Å². The maximum Gasteiger partial charge on any atom is 0.419 e. The molecule has 2 unspecified atom stereocenters. The molecule has 1 aromatic heterocycles. The molecule has 0 aliphatic carbocycles. The lowest BCUT2D eigenvalue weighted by Gasteiger charge is -2.25. The summed E-state index contributed by atoms with van der Waals surface area (Å²) >= 11 is 0. The van der Waals surface area contributed by atoms with Crippen molar-refractivity contribution in [1.29, 1.82) is 0 Å². The number of aromatic nitrogens is 2. The minimum atomic E-state index is -1.44. The Balaban J connectivity index is 2.89. The highest BCUT2D eigenvalue weighted by Crippen LogP contribution is 2.12. The van der Waals surface area contributed by atoms with Crippen molar-refractivity contribution in [2.45, 2.75) is 78.2 Å². The summed E-state index contributed by atoms with van der Waals surface area (Å²) in [7, 11) is 0. The van der Waals surface area contributed by atoms with E-state index in [4.69, 9.17) is 9.47 Å². The molecule has 0 bridgehead atoms. The normalized spacial score (nSPS) is 14.2. The first kappa shape index (κ1) is 22.6. The lowest BCUT2D eigenvalue weighted by atomic mass is 10.0. The van der Waals surface area contributed by atoms with Crippen molar-refractivity contribution in [3.8, 4) is 0 Å². The van der Waals surface area contributed by atoms with Crippen LogP contribution in [0.15, 0.2) is 12.5 Å². The van der Waals surface area contributed by atoms with Crippen LogP contribution in [0.5, 0.6) is 0 Å². The molecule has 1 heterocycles. The lowest BCUT2D eigenvalue weighted by Crippen LogP contribution is -2.49. The number of rotatable bonds is 5. The fourth-order valence-electron chi connectivity index (χ4n) is 2.09. The SMILES string of the molecule is CC(=O)C(O)C(Cc1cn(C(=O)OC(C)(C)C)cn1)NC(=O)OC(C)(C)C. The molecule has 1 amide bonds. The molecule has 9 nitrogen and oxygen atoms in total. The molecule has 0 radical (unpaired) electrons. The van der Waals surface area contributed by atoms with E-state index in [1.54, 1.807) is 41.5 Å². The van der Waals surface area contributed by atoms with Gasteiger partial charge < -0.3 is 19.9 Å². The monoisotopic (exact) mass is 383 g/mol. The molecule has 0 aliphatic rings. The minimum absolute atomic E-state index is 0.0236. The maximum atomic E-state index is 12.0. The molecule has 0 spiro atoms. The van der Waals surface area contributed by atoms with E-state index in [1.165, 1.54) is 19.4 Å². The van der Waals surface area contributed by atoms with Gasteiger partial charge in [-0.25, -0.2) is 19.1 Å². The van der Waals surface area contributed by atoms with E-state index in [-0.39, 0.29) is 6.42 Å². The number of carbonyl (C=O) groups excluding carboxylic acids is 3. The highest BCUT2D eigenvalue weighted by Gasteiger charge is 2.28. The van der Waals surface area contributed by atoms with Crippen molar-refractivity contribution < 1.29 is 29.0 Å². The zero-order valence-corrected chi connectivity index (χ0v) is 16.9. The third kappa shape index (κ3) is 8.21. The largest absolute Gasteiger partial charge is 0.444 e. The van der Waals surface area contributed by atoms with Crippen LogP contribution in [-0.4, -0.2) is 56.0 Å². The third-order valence-corrected chi connectivity index (χ3v) is 3.17. The van der Waals surface area contributed by atoms with Crippen molar-refractivity contribution in [1.82, 2.24) is 14.9 Å². The second-order valence-corrected chi connectivity index (χ2v) is 8.26. The number of alkyl carbamates (subject to hydrolysis) is 1. The predicted octanol–water partition coefficient (Wildman–Crippen LogP) is 2.05.